The van der Waals surface area contributed by atoms with E-state index in [0.717, 1.165) is 30.6 Å². The zero-order valence-electron chi connectivity index (χ0n) is 17.8. The SMILES string of the molecule is CCSc1oc2c([C@@H](C)Oc3ccc(F)c(F)c3C(=O)OC)cc(C)cc2c(=O)c1C. The standard InChI is InChI=1S/C23H22F2O5S/c1-6-31-23-12(3)20(26)15-10-11(2)9-14(21(15)30-23)13(4)29-17-8-7-16(24)19(25)18(17)22(27)28-5/h7-10,13H,6H2,1-5H3/t13-/m1/s1. The Bertz CT molecular complexity index is 1220. The summed E-state index contributed by atoms with van der Waals surface area (Å²) in [4.78, 5) is 24.9. The summed E-state index contributed by atoms with van der Waals surface area (Å²) < 4.78 is 44.4. The maximum absolute atomic E-state index is 14.3. The number of aryl methyl sites for hydroxylation is 1. The first-order chi connectivity index (χ1) is 14.7. The van der Waals surface area contributed by atoms with Crippen molar-refractivity contribution in [2.75, 3.05) is 12.9 Å². The molecule has 0 aliphatic heterocycles. The normalized spacial score (nSPS) is 12.1. The summed E-state index contributed by atoms with van der Waals surface area (Å²) >= 11 is 1.41. The summed E-state index contributed by atoms with van der Waals surface area (Å²) in [6, 6.07) is 5.57. The monoisotopic (exact) mass is 448 g/mol. The second-order valence-electron chi connectivity index (χ2n) is 6.99. The van der Waals surface area contributed by atoms with E-state index in [2.05, 4.69) is 4.74 Å². The number of carbonyl (C=O) groups excluding carboxylic acids is 1. The predicted octanol–water partition coefficient (Wildman–Crippen LogP) is 5.73. The van der Waals surface area contributed by atoms with Crippen LogP contribution in [0.4, 0.5) is 8.78 Å². The molecule has 3 rings (SSSR count). The van der Waals surface area contributed by atoms with Crippen LogP contribution in [0.15, 0.2) is 38.6 Å². The molecule has 0 bridgehead atoms. The van der Waals surface area contributed by atoms with Crippen molar-refractivity contribution in [2.45, 2.75) is 38.9 Å². The van der Waals surface area contributed by atoms with Crippen LogP contribution in [0, 0.1) is 25.5 Å². The highest BCUT2D eigenvalue weighted by Gasteiger charge is 2.25. The fraction of sp³-hybridized carbons (Fsp3) is 0.304. The van der Waals surface area contributed by atoms with E-state index in [9.17, 15) is 18.4 Å². The van der Waals surface area contributed by atoms with Gasteiger partial charge in [0, 0.05) is 11.1 Å². The zero-order chi connectivity index (χ0) is 22.9. The second kappa shape index (κ2) is 9.09. The lowest BCUT2D eigenvalue weighted by molar-refractivity contribution is 0.0586. The summed E-state index contributed by atoms with van der Waals surface area (Å²) in [5.41, 5.74) is 1.46. The topological polar surface area (TPSA) is 65.7 Å². The summed E-state index contributed by atoms with van der Waals surface area (Å²) in [6.07, 6.45) is -0.749. The molecule has 0 aliphatic rings. The molecule has 0 saturated carbocycles. The molecule has 2 aromatic carbocycles. The lowest BCUT2D eigenvalue weighted by atomic mass is 10.0. The molecule has 3 aromatic rings. The Hall–Kier alpha value is -2.87. The maximum Gasteiger partial charge on any atom is 0.344 e. The van der Waals surface area contributed by atoms with Crippen molar-refractivity contribution in [3.8, 4) is 5.75 Å². The van der Waals surface area contributed by atoms with Gasteiger partial charge in [0.25, 0.3) is 0 Å². The number of esters is 1. The molecule has 1 heterocycles. The minimum atomic E-state index is -1.35. The first-order valence-corrected chi connectivity index (χ1v) is 10.6. The minimum Gasteiger partial charge on any atom is -0.485 e. The third kappa shape index (κ3) is 4.30. The van der Waals surface area contributed by atoms with Gasteiger partial charge in [0.2, 0.25) is 0 Å². The molecular weight excluding hydrogens is 426 g/mol. The van der Waals surface area contributed by atoms with Crippen LogP contribution in [0.5, 0.6) is 5.75 Å². The van der Waals surface area contributed by atoms with Crippen molar-refractivity contribution in [1.82, 2.24) is 0 Å². The van der Waals surface area contributed by atoms with Crippen LogP contribution in [0.3, 0.4) is 0 Å². The Morgan fingerprint density at radius 3 is 2.58 bits per heavy atom. The fourth-order valence-corrected chi connectivity index (χ4v) is 4.01. The first kappa shape index (κ1) is 22.8. The number of fused-ring (bicyclic) bond motifs is 1. The third-order valence-corrected chi connectivity index (χ3v) is 5.75. The predicted molar refractivity (Wildman–Crippen MR) is 115 cm³/mol. The number of methoxy groups -OCH3 is 1. The maximum atomic E-state index is 14.3. The quantitative estimate of drug-likeness (QED) is 0.355. The molecule has 31 heavy (non-hydrogen) atoms. The molecule has 0 aliphatic carbocycles. The number of carbonyl (C=O) groups is 1. The lowest BCUT2D eigenvalue weighted by Crippen LogP contribution is -2.14. The molecule has 0 spiro atoms. The summed E-state index contributed by atoms with van der Waals surface area (Å²) in [7, 11) is 1.07. The van der Waals surface area contributed by atoms with Crippen molar-refractivity contribution in [1.29, 1.82) is 0 Å². The third-order valence-electron chi connectivity index (χ3n) is 4.81. The van der Waals surface area contributed by atoms with Gasteiger partial charge >= 0.3 is 5.97 Å². The van der Waals surface area contributed by atoms with Gasteiger partial charge in [0.15, 0.2) is 22.2 Å². The van der Waals surface area contributed by atoms with Crippen LogP contribution in [0.1, 0.15) is 47.0 Å². The van der Waals surface area contributed by atoms with Crippen LogP contribution in [-0.2, 0) is 4.74 Å². The number of rotatable bonds is 6. The van der Waals surface area contributed by atoms with Gasteiger partial charge in [0.05, 0.1) is 12.5 Å². The molecule has 8 heteroatoms. The largest absolute Gasteiger partial charge is 0.485 e. The number of thioether (sulfide) groups is 1. The average Bonchev–Trinajstić information content (AvgIpc) is 2.74. The van der Waals surface area contributed by atoms with E-state index >= 15 is 0 Å². The van der Waals surface area contributed by atoms with Gasteiger partial charge in [0.1, 0.15) is 23.0 Å². The summed E-state index contributed by atoms with van der Waals surface area (Å²) in [5.74, 6) is -3.05. The number of ether oxygens (including phenoxy) is 2. The van der Waals surface area contributed by atoms with Gasteiger partial charge in [-0.2, -0.15) is 0 Å². The molecule has 0 fully saturated rings. The molecular formula is C23H22F2O5S. The van der Waals surface area contributed by atoms with Crippen molar-refractivity contribution < 1.29 is 27.5 Å². The van der Waals surface area contributed by atoms with Crippen LogP contribution in [-0.4, -0.2) is 18.8 Å². The van der Waals surface area contributed by atoms with E-state index in [-0.39, 0.29) is 11.2 Å². The highest BCUT2D eigenvalue weighted by atomic mass is 32.2. The first-order valence-electron chi connectivity index (χ1n) is 9.63. The van der Waals surface area contributed by atoms with Gasteiger partial charge in [-0.05, 0) is 56.4 Å². The smallest absolute Gasteiger partial charge is 0.344 e. The number of benzene rings is 2. The fourth-order valence-electron chi connectivity index (χ4n) is 3.30. The molecule has 0 saturated heterocycles. The van der Waals surface area contributed by atoms with E-state index in [1.54, 1.807) is 26.0 Å². The van der Waals surface area contributed by atoms with Gasteiger partial charge in [-0.1, -0.05) is 18.7 Å². The van der Waals surface area contributed by atoms with Crippen molar-refractivity contribution in [3.05, 3.63) is 68.4 Å². The highest BCUT2D eigenvalue weighted by molar-refractivity contribution is 7.99. The van der Waals surface area contributed by atoms with E-state index in [1.807, 2.05) is 13.8 Å². The van der Waals surface area contributed by atoms with Crippen LogP contribution < -0.4 is 10.2 Å². The number of hydrogen-bond acceptors (Lipinski definition) is 6. The van der Waals surface area contributed by atoms with Crippen LogP contribution in [0.25, 0.3) is 11.0 Å². The number of hydrogen-bond donors (Lipinski definition) is 0. The molecule has 0 unspecified atom stereocenters. The minimum absolute atomic E-state index is 0.141. The highest BCUT2D eigenvalue weighted by Crippen LogP contribution is 2.34. The van der Waals surface area contributed by atoms with Gasteiger partial charge in [-0.25, -0.2) is 13.6 Å². The van der Waals surface area contributed by atoms with E-state index in [4.69, 9.17) is 9.15 Å². The summed E-state index contributed by atoms with van der Waals surface area (Å²) in [5, 5.41) is 0.919. The Morgan fingerprint density at radius 2 is 1.94 bits per heavy atom. The van der Waals surface area contributed by atoms with E-state index in [0.29, 0.717) is 27.2 Å². The molecule has 5 nitrogen and oxygen atoms in total. The van der Waals surface area contributed by atoms with Crippen LogP contribution in [0.2, 0.25) is 0 Å². The molecule has 1 atom stereocenters. The van der Waals surface area contributed by atoms with Crippen molar-refractivity contribution >= 4 is 28.7 Å². The molecule has 0 amide bonds. The zero-order valence-corrected chi connectivity index (χ0v) is 18.6. The second-order valence-corrected chi connectivity index (χ2v) is 8.23. The Balaban J connectivity index is 2.16. The Kier molecular flexibility index (Phi) is 6.69. The lowest BCUT2D eigenvalue weighted by Gasteiger charge is -2.19. The Morgan fingerprint density at radius 1 is 1.23 bits per heavy atom. The number of halogens is 2. The van der Waals surface area contributed by atoms with Crippen molar-refractivity contribution in [3.63, 3.8) is 0 Å². The van der Waals surface area contributed by atoms with Crippen molar-refractivity contribution in [2.24, 2.45) is 0 Å². The molecule has 0 radical (unpaired) electrons. The van der Waals surface area contributed by atoms with Gasteiger partial charge in [-0.3, -0.25) is 4.79 Å². The van der Waals surface area contributed by atoms with Gasteiger partial charge in [-0.15, -0.1) is 0 Å². The molecule has 164 valence electrons. The van der Waals surface area contributed by atoms with Crippen LogP contribution >= 0.6 is 11.8 Å². The average molecular weight is 448 g/mol. The Labute approximate surface area is 182 Å². The van der Waals surface area contributed by atoms with Gasteiger partial charge < -0.3 is 13.9 Å². The molecule has 1 aromatic heterocycles. The molecule has 0 N–H and O–H groups in total. The van der Waals surface area contributed by atoms with E-state index < -0.39 is 29.3 Å². The van der Waals surface area contributed by atoms with E-state index in [1.165, 1.54) is 11.8 Å². The summed E-state index contributed by atoms with van der Waals surface area (Å²) in [6.45, 7) is 7.17.